The maximum Gasteiger partial charge on any atom is 0.0628 e. The first-order valence-electron chi connectivity index (χ1n) is 5.43. The van der Waals surface area contributed by atoms with Crippen LogP contribution in [0.5, 0.6) is 0 Å². The lowest BCUT2D eigenvalue weighted by Gasteiger charge is -2.29. The maximum atomic E-state index is 9.40. The van der Waals surface area contributed by atoms with E-state index in [0.717, 1.165) is 11.2 Å². The van der Waals surface area contributed by atoms with E-state index in [1.54, 1.807) is 0 Å². The molecule has 13 heavy (non-hydrogen) atoms. The molecule has 1 N–H and O–H groups in total. The van der Waals surface area contributed by atoms with Gasteiger partial charge < -0.3 is 5.11 Å². The van der Waals surface area contributed by atoms with Crippen molar-refractivity contribution in [1.29, 1.82) is 0 Å². The Morgan fingerprint density at radius 1 is 1.31 bits per heavy atom. The van der Waals surface area contributed by atoms with E-state index in [1.165, 1.54) is 25.7 Å². The molecule has 0 heterocycles. The van der Waals surface area contributed by atoms with Crippen LogP contribution in [0, 0.1) is 5.92 Å². The SMILES string of the molecule is CC1CCCC(SC(C)C(C)O)C1. The van der Waals surface area contributed by atoms with Gasteiger partial charge in [0.1, 0.15) is 0 Å². The monoisotopic (exact) mass is 202 g/mol. The predicted octanol–water partition coefficient (Wildman–Crippen LogP) is 3.07. The molecule has 0 aromatic heterocycles. The Bertz CT molecular complexity index is 147. The van der Waals surface area contributed by atoms with Gasteiger partial charge in [-0.15, -0.1) is 0 Å². The van der Waals surface area contributed by atoms with Crippen LogP contribution in [0.1, 0.15) is 46.5 Å². The first kappa shape index (κ1) is 11.4. The molecule has 1 nitrogen and oxygen atoms in total. The third-order valence-corrected chi connectivity index (χ3v) is 4.61. The van der Waals surface area contributed by atoms with Crippen LogP contribution >= 0.6 is 11.8 Å². The first-order chi connectivity index (χ1) is 6.09. The standard InChI is InChI=1S/C11H22OS/c1-8-5-4-6-11(7-8)13-10(3)9(2)12/h8-12H,4-7H2,1-3H3. The van der Waals surface area contributed by atoms with Gasteiger partial charge in [-0.25, -0.2) is 0 Å². The quantitative estimate of drug-likeness (QED) is 0.759. The number of thioether (sulfide) groups is 1. The molecule has 0 amide bonds. The smallest absolute Gasteiger partial charge is 0.0628 e. The summed E-state index contributed by atoms with van der Waals surface area (Å²) < 4.78 is 0. The van der Waals surface area contributed by atoms with Crippen molar-refractivity contribution in [3.8, 4) is 0 Å². The summed E-state index contributed by atoms with van der Waals surface area (Å²) in [7, 11) is 0. The van der Waals surface area contributed by atoms with Gasteiger partial charge in [0.2, 0.25) is 0 Å². The van der Waals surface area contributed by atoms with Crippen LogP contribution in [0.25, 0.3) is 0 Å². The van der Waals surface area contributed by atoms with Crippen molar-refractivity contribution >= 4 is 11.8 Å². The van der Waals surface area contributed by atoms with Crippen molar-refractivity contribution in [2.24, 2.45) is 5.92 Å². The van der Waals surface area contributed by atoms with Crippen molar-refractivity contribution in [1.82, 2.24) is 0 Å². The molecule has 4 unspecified atom stereocenters. The molecular formula is C11H22OS. The average Bonchev–Trinajstić information content (AvgIpc) is 2.04. The van der Waals surface area contributed by atoms with Gasteiger partial charge in [-0.2, -0.15) is 11.8 Å². The van der Waals surface area contributed by atoms with Crippen LogP contribution in [-0.2, 0) is 0 Å². The highest BCUT2D eigenvalue weighted by Crippen LogP contribution is 2.34. The predicted molar refractivity (Wildman–Crippen MR) is 60.2 cm³/mol. The molecule has 1 aliphatic rings. The molecule has 0 aliphatic heterocycles. The fourth-order valence-corrected chi connectivity index (χ4v) is 3.50. The lowest BCUT2D eigenvalue weighted by Crippen LogP contribution is -2.22. The van der Waals surface area contributed by atoms with Crippen molar-refractivity contribution in [3.05, 3.63) is 0 Å². The van der Waals surface area contributed by atoms with Gasteiger partial charge in [-0.3, -0.25) is 0 Å². The van der Waals surface area contributed by atoms with Gasteiger partial charge in [-0.05, 0) is 25.7 Å². The van der Waals surface area contributed by atoms with Crippen molar-refractivity contribution in [2.75, 3.05) is 0 Å². The van der Waals surface area contributed by atoms with Crippen molar-refractivity contribution < 1.29 is 5.11 Å². The molecule has 0 bridgehead atoms. The Balaban J connectivity index is 2.27. The van der Waals surface area contributed by atoms with E-state index in [1.807, 2.05) is 18.7 Å². The van der Waals surface area contributed by atoms with Gasteiger partial charge in [0, 0.05) is 10.5 Å². The number of aliphatic hydroxyl groups excluding tert-OH is 1. The molecule has 0 spiro atoms. The van der Waals surface area contributed by atoms with E-state index in [9.17, 15) is 5.11 Å². The van der Waals surface area contributed by atoms with Crippen LogP contribution in [0.4, 0.5) is 0 Å². The van der Waals surface area contributed by atoms with Crippen LogP contribution in [0.3, 0.4) is 0 Å². The van der Waals surface area contributed by atoms with Gasteiger partial charge >= 0.3 is 0 Å². The second-order valence-electron chi connectivity index (χ2n) is 4.48. The minimum absolute atomic E-state index is 0.165. The van der Waals surface area contributed by atoms with Gasteiger partial charge in [0.25, 0.3) is 0 Å². The summed E-state index contributed by atoms with van der Waals surface area (Å²) in [6.07, 6.45) is 5.32. The van der Waals surface area contributed by atoms with E-state index in [2.05, 4.69) is 13.8 Å². The summed E-state index contributed by atoms with van der Waals surface area (Å²) in [5.74, 6) is 0.896. The van der Waals surface area contributed by atoms with Gasteiger partial charge in [0.15, 0.2) is 0 Å². The number of rotatable bonds is 3. The molecule has 1 aliphatic carbocycles. The van der Waals surface area contributed by atoms with E-state index >= 15 is 0 Å². The zero-order chi connectivity index (χ0) is 9.84. The number of aliphatic hydroxyl groups is 1. The Labute approximate surface area is 86.3 Å². The van der Waals surface area contributed by atoms with Crippen LogP contribution in [0.15, 0.2) is 0 Å². The fourth-order valence-electron chi connectivity index (χ4n) is 1.92. The van der Waals surface area contributed by atoms with E-state index in [-0.39, 0.29) is 6.10 Å². The minimum Gasteiger partial charge on any atom is -0.392 e. The summed E-state index contributed by atoms with van der Waals surface area (Å²) in [5, 5.41) is 10.6. The number of hydrogen-bond donors (Lipinski definition) is 1. The maximum absolute atomic E-state index is 9.40. The zero-order valence-corrected chi connectivity index (χ0v) is 9.81. The highest BCUT2D eigenvalue weighted by molar-refractivity contribution is 8.00. The van der Waals surface area contributed by atoms with Crippen molar-refractivity contribution in [2.45, 2.75) is 63.1 Å². The Morgan fingerprint density at radius 3 is 2.54 bits per heavy atom. The molecule has 1 saturated carbocycles. The molecule has 1 fully saturated rings. The summed E-state index contributed by atoms with van der Waals surface area (Å²) in [5.41, 5.74) is 0. The first-order valence-corrected chi connectivity index (χ1v) is 6.37. The summed E-state index contributed by atoms with van der Waals surface area (Å²) in [6.45, 7) is 6.37. The summed E-state index contributed by atoms with van der Waals surface area (Å²) in [4.78, 5) is 0. The zero-order valence-electron chi connectivity index (χ0n) is 8.99. The Kier molecular flexibility index (Phi) is 4.60. The van der Waals surface area contributed by atoms with Gasteiger partial charge in [0.05, 0.1) is 6.10 Å². The molecule has 1 rings (SSSR count). The van der Waals surface area contributed by atoms with Crippen LogP contribution in [0.2, 0.25) is 0 Å². The summed E-state index contributed by atoms with van der Waals surface area (Å²) in [6, 6.07) is 0. The van der Waals surface area contributed by atoms with E-state index in [0.29, 0.717) is 5.25 Å². The molecule has 0 aromatic carbocycles. The normalized spacial score (nSPS) is 34.2. The molecule has 0 saturated heterocycles. The molecule has 0 aromatic rings. The Morgan fingerprint density at radius 2 is 2.00 bits per heavy atom. The van der Waals surface area contributed by atoms with Crippen LogP contribution in [-0.4, -0.2) is 21.7 Å². The second kappa shape index (κ2) is 5.26. The molecule has 0 radical (unpaired) electrons. The fraction of sp³-hybridized carbons (Fsp3) is 1.00. The largest absolute Gasteiger partial charge is 0.392 e. The Hall–Kier alpha value is 0.310. The van der Waals surface area contributed by atoms with Gasteiger partial charge in [-0.1, -0.05) is 26.7 Å². The third kappa shape index (κ3) is 3.90. The second-order valence-corrected chi connectivity index (χ2v) is 6.16. The molecule has 2 heteroatoms. The number of hydrogen-bond acceptors (Lipinski definition) is 2. The molecule has 78 valence electrons. The highest BCUT2D eigenvalue weighted by atomic mass is 32.2. The van der Waals surface area contributed by atoms with Crippen LogP contribution < -0.4 is 0 Å². The lowest BCUT2D eigenvalue weighted by atomic mass is 9.91. The van der Waals surface area contributed by atoms with E-state index in [4.69, 9.17) is 0 Å². The average molecular weight is 202 g/mol. The minimum atomic E-state index is -0.165. The third-order valence-electron chi connectivity index (χ3n) is 2.97. The van der Waals surface area contributed by atoms with Crippen molar-refractivity contribution in [3.63, 3.8) is 0 Å². The molecule has 4 atom stereocenters. The molecular weight excluding hydrogens is 180 g/mol. The topological polar surface area (TPSA) is 20.2 Å². The van der Waals surface area contributed by atoms with E-state index < -0.39 is 0 Å². The highest BCUT2D eigenvalue weighted by Gasteiger charge is 2.22. The summed E-state index contributed by atoms with van der Waals surface area (Å²) >= 11 is 1.98. The lowest BCUT2D eigenvalue weighted by molar-refractivity contribution is 0.196.